The lowest BCUT2D eigenvalue weighted by Crippen LogP contribution is -2.44. The average molecular weight is 312 g/mol. The number of hydrogen-bond acceptors (Lipinski definition) is 4. The molecule has 0 N–H and O–H groups in total. The van der Waals surface area contributed by atoms with Gasteiger partial charge in [-0.3, -0.25) is 0 Å². The summed E-state index contributed by atoms with van der Waals surface area (Å²) in [6.07, 6.45) is 3.23. The van der Waals surface area contributed by atoms with Crippen molar-refractivity contribution >= 4 is 6.09 Å². The third kappa shape index (κ3) is 5.13. The van der Waals surface area contributed by atoms with Crippen molar-refractivity contribution in [3.8, 4) is 0 Å². The maximum atomic E-state index is 12.3. The van der Waals surface area contributed by atoms with Gasteiger partial charge in [-0.05, 0) is 59.4 Å². The Morgan fingerprint density at radius 3 is 2.68 bits per heavy atom. The van der Waals surface area contributed by atoms with Crippen molar-refractivity contribution in [3.05, 3.63) is 0 Å². The third-order valence-electron chi connectivity index (χ3n) is 4.40. The highest BCUT2D eigenvalue weighted by molar-refractivity contribution is 5.69. The highest BCUT2D eigenvalue weighted by Gasteiger charge is 2.34. The van der Waals surface area contributed by atoms with Crippen LogP contribution < -0.4 is 0 Å². The summed E-state index contributed by atoms with van der Waals surface area (Å²) in [6, 6.07) is 0.306. The van der Waals surface area contributed by atoms with Gasteiger partial charge in [0.1, 0.15) is 5.60 Å². The van der Waals surface area contributed by atoms with Gasteiger partial charge in [0.05, 0.1) is 6.61 Å². The molecule has 0 radical (unpaired) electrons. The van der Waals surface area contributed by atoms with Crippen LogP contribution in [0.1, 0.15) is 47.0 Å². The molecule has 0 spiro atoms. The van der Waals surface area contributed by atoms with E-state index in [1.165, 1.54) is 6.42 Å². The topological polar surface area (TPSA) is 42.0 Å². The normalized spacial score (nSPS) is 26.6. The van der Waals surface area contributed by atoms with Crippen LogP contribution in [0.3, 0.4) is 0 Å². The van der Waals surface area contributed by atoms with Gasteiger partial charge in [-0.15, -0.1) is 0 Å². The maximum Gasteiger partial charge on any atom is 0.410 e. The number of likely N-dealkylation sites (tertiary alicyclic amines) is 2. The minimum atomic E-state index is -0.416. The number of nitrogens with zero attached hydrogens (tertiary/aromatic N) is 2. The number of amides is 1. The van der Waals surface area contributed by atoms with E-state index in [9.17, 15) is 4.79 Å². The second kappa shape index (κ2) is 7.64. The molecule has 2 heterocycles. The van der Waals surface area contributed by atoms with Crippen molar-refractivity contribution in [1.29, 1.82) is 0 Å². The first-order valence-corrected chi connectivity index (χ1v) is 8.68. The molecular weight excluding hydrogens is 280 g/mol. The summed E-state index contributed by atoms with van der Waals surface area (Å²) in [6.45, 7) is 13.5. The van der Waals surface area contributed by atoms with Gasteiger partial charge in [0.25, 0.3) is 0 Å². The Kier molecular flexibility index (Phi) is 6.09. The molecule has 0 aromatic carbocycles. The molecule has 0 aromatic rings. The molecular formula is C17H32N2O3. The van der Waals surface area contributed by atoms with E-state index in [2.05, 4.69) is 4.90 Å². The number of hydrogen-bond donors (Lipinski definition) is 0. The predicted molar refractivity (Wildman–Crippen MR) is 87.0 cm³/mol. The summed E-state index contributed by atoms with van der Waals surface area (Å²) in [7, 11) is 0. The molecule has 2 saturated heterocycles. The summed E-state index contributed by atoms with van der Waals surface area (Å²) in [4.78, 5) is 16.7. The largest absolute Gasteiger partial charge is 0.444 e. The van der Waals surface area contributed by atoms with Crippen molar-refractivity contribution in [2.45, 2.75) is 58.6 Å². The average Bonchev–Trinajstić information content (AvgIpc) is 3.04. The zero-order chi connectivity index (χ0) is 16.2. The maximum absolute atomic E-state index is 12.3. The van der Waals surface area contributed by atoms with Gasteiger partial charge in [0.2, 0.25) is 0 Å². The van der Waals surface area contributed by atoms with Gasteiger partial charge in [0, 0.05) is 32.3 Å². The summed E-state index contributed by atoms with van der Waals surface area (Å²) < 4.78 is 11.1. The summed E-state index contributed by atoms with van der Waals surface area (Å²) in [5.74, 6) is 0.649. The van der Waals surface area contributed by atoms with Crippen molar-refractivity contribution in [2.24, 2.45) is 5.92 Å². The Morgan fingerprint density at radius 2 is 2.00 bits per heavy atom. The molecule has 2 fully saturated rings. The van der Waals surface area contributed by atoms with E-state index in [1.54, 1.807) is 0 Å². The van der Waals surface area contributed by atoms with Crippen LogP contribution in [0.4, 0.5) is 4.79 Å². The summed E-state index contributed by atoms with van der Waals surface area (Å²) in [5.41, 5.74) is -0.416. The highest BCUT2D eigenvalue weighted by Crippen LogP contribution is 2.24. The van der Waals surface area contributed by atoms with Crippen LogP contribution >= 0.6 is 0 Å². The van der Waals surface area contributed by atoms with Crippen LogP contribution in [0, 0.1) is 5.92 Å². The minimum Gasteiger partial charge on any atom is -0.444 e. The number of ether oxygens (including phenoxy) is 2. The van der Waals surface area contributed by atoms with Crippen LogP contribution in [0.25, 0.3) is 0 Å². The third-order valence-corrected chi connectivity index (χ3v) is 4.40. The SMILES string of the molecule is CCOC[C@@H]1CCN(C[C@H]2CCCN2C(=O)OC(C)(C)C)C1. The first-order valence-electron chi connectivity index (χ1n) is 8.68. The van der Waals surface area contributed by atoms with Crippen molar-refractivity contribution in [1.82, 2.24) is 9.80 Å². The molecule has 2 aliphatic rings. The van der Waals surface area contributed by atoms with Crippen LogP contribution in [-0.2, 0) is 9.47 Å². The fraction of sp³-hybridized carbons (Fsp3) is 0.941. The molecule has 0 aliphatic carbocycles. The number of carbonyl (C=O) groups is 1. The van der Waals surface area contributed by atoms with E-state index in [0.717, 1.165) is 52.2 Å². The molecule has 0 bridgehead atoms. The highest BCUT2D eigenvalue weighted by atomic mass is 16.6. The molecule has 5 nitrogen and oxygen atoms in total. The fourth-order valence-corrected chi connectivity index (χ4v) is 3.38. The van der Waals surface area contributed by atoms with Gasteiger partial charge in [0.15, 0.2) is 0 Å². The smallest absolute Gasteiger partial charge is 0.410 e. The van der Waals surface area contributed by atoms with Crippen LogP contribution in [0.2, 0.25) is 0 Å². The van der Waals surface area contributed by atoms with E-state index in [0.29, 0.717) is 12.0 Å². The minimum absolute atomic E-state index is 0.153. The van der Waals surface area contributed by atoms with E-state index >= 15 is 0 Å². The Bertz CT molecular complexity index is 367. The van der Waals surface area contributed by atoms with Crippen molar-refractivity contribution < 1.29 is 14.3 Å². The Hall–Kier alpha value is -0.810. The summed E-state index contributed by atoms with van der Waals surface area (Å²) >= 11 is 0. The second-order valence-corrected chi connectivity index (χ2v) is 7.54. The van der Waals surface area contributed by atoms with Crippen LogP contribution in [-0.4, -0.2) is 66.9 Å². The molecule has 128 valence electrons. The molecule has 2 aliphatic heterocycles. The molecule has 22 heavy (non-hydrogen) atoms. The monoisotopic (exact) mass is 312 g/mol. The molecule has 2 atom stereocenters. The first kappa shape index (κ1) is 17.5. The molecule has 0 aromatic heterocycles. The Balaban J connectivity index is 1.80. The van der Waals surface area contributed by atoms with Gasteiger partial charge < -0.3 is 19.3 Å². The van der Waals surface area contributed by atoms with E-state index in [1.807, 2.05) is 32.6 Å². The van der Waals surface area contributed by atoms with Crippen LogP contribution in [0.15, 0.2) is 0 Å². The number of carbonyl (C=O) groups excluding carboxylic acids is 1. The predicted octanol–water partition coefficient (Wildman–Crippen LogP) is 2.74. The quantitative estimate of drug-likeness (QED) is 0.783. The van der Waals surface area contributed by atoms with Crippen molar-refractivity contribution in [2.75, 3.05) is 39.4 Å². The van der Waals surface area contributed by atoms with E-state index < -0.39 is 5.60 Å². The number of rotatable bonds is 5. The lowest BCUT2D eigenvalue weighted by atomic mass is 10.1. The molecule has 2 rings (SSSR count). The standard InChI is InChI=1S/C17H32N2O3/c1-5-21-13-14-8-10-18(11-14)12-15-7-6-9-19(15)16(20)22-17(2,3)4/h14-15H,5-13H2,1-4H3/t14-,15-/m1/s1. The molecule has 0 saturated carbocycles. The van der Waals surface area contributed by atoms with E-state index in [-0.39, 0.29) is 6.09 Å². The van der Waals surface area contributed by atoms with Crippen molar-refractivity contribution in [3.63, 3.8) is 0 Å². The van der Waals surface area contributed by atoms with Gasteiger partial charge in [-0.1, -0.05) is 0 Å². The molecule has 5 heteroatoms. The molecule has 0 unspecified atom stereocenters. The van der Waals surface area contributed by atoms with Crippen LogP contribution in [0.5, 0.6) is 0 Å². The zero-order valence-corrected chi connectivity index (χ0v) is 14.6. The molecule has 1 amide bonds. The van der Waals surface area contributed by atoms with Gasteiger partial charge in [-0.2, -0.15) is 0 Å². The first-order chi connectivity index (χ1) is 10.4. The zero-order valence-electron chi connectivity index (χ0n) is 14.6. The Morgan fingerprint density at radius 1 is 1.23 bits per heavy atom. The van der Waals surface area contributed by atoms with E-state index in [4.69, 9.17) is 9.47 Å². The lowest BCUT2D eigenvalue weighted by molar-refractivity contribution is 0.0200. The van der Waals surface area contributed by atoms with Gasteiger partial charge >= 0.3 is 6.09 Å². The fourth-order valence-electron chi connectivity index (χ4n) is 3.38. The summed E-state index contributed by atoms with van der Waals surface area (Å²) in [5, 5.41) is 0. The lowest BCUT2D eigenvalue weighted by Gasteiger charge is -2.30. The second-order valence-electron chi connectivity index (χ2n) is 7.54. The Labute approximate surface area is 134 Å². The van der Waals surface area contributed by atoms with Gasteiger partial charge in [-0.25, -0.2) is 4.79 Å².